The van der Waals surface area contributed by atoms with E-state index in [2.05, 4.69) is 44.2 Å². The molecule has 1 saturated heterocycles. The normalized spacial score (nSPS) is 21.8. The lowest BCUT2D eigenvalue weighted by Crippen LogP contribution is -2.43. The highest BCUT2D eigenvalue weighted by Gasteiger charge is 2.41. The Balaban J connectivity index is 1.64. The Labute approximate surface area is 183 Å². The number of ether oxygens (including phenoxy) is 1. The maximum absolute atomic E-state index is 12.5. The van der Waals surface area contributed by atoms with Crippen molar-refractivity contribution >= 4 is 20.0 Å². The predicted octanol–water partition coefficient (Wildman–Crippen LogP) is 3.17. The number of aliphatic hydroxyl groups is 1. The third-order valence-electron chi connectivity index (χ3n) is 6.04. The largest absolute Gasteiger partial charge is 0.414 e. The highest BCUT2D eigenvalue weighted by atomic mass is 28.4. The van der Waals surface area contributed by atoms with Crippen LogP contribution in [0.25, 0.3) is 0 Å². The van der Waals surface area contributed by atoms with E-state index in [9.17, 15) is 14.7 Å². The third kappa shape index (κ3) is 5.48. The summed E-state index contributed by atoms with van der Waals surface area (Å²) < 4.78 is 13.4. The summed E-state index contributed by atoms with van der Waals surface area (Å²) in [5, 5.41) is 13.1. The maximum atomic E-state index is 12.5. The molecule has 8 nitrogen and oxygen atoms in total. The Kier molecular flexibility index (Phi) is 6.80. The van der Waals surface area contributed by atoms with Crippen molar-refractivity contribution in [1.29, 1.82) is 0 Å². The second-order valence-corrected chi connectivity index (χ2v) is 14.1. The molecule has 1 aromatic carbocycles. The fourth-order valence-corrected chi connectivity index (χ4v) is 4.04. The van der Waals surface area contributed by atoms with Crippen LogP contribution >= 0.6 is 0 Å². The summed E-state index contributed by atoms with van der Waals surface area (Å²) in [6, 6.07) is 10.2. The molecule has 1 fully saturated rings. The fraction of sp³-hybridized carbons (Fsp3) is 0.500. The zero-order valence-corrected chi connectivity index (χ0v) is 19.7. The summed E-state index contributed by atoms with van der Waals surface area (Å²) in [5.41, 5.74) is -0.0886. The summed E-state index contributed by atoms with van der Waals surface area (Å²) in [6.07, 6.45) is -0.0998. The van der Waals surface area contributed by atoms with Gasteiger partial charge in [-0.05, 0) is 36.3 Å². The second kappa shape index (κ2) is 9.03. The molecule has 3 atom stereocenters. The summed E-state index contributed by atoms with van der Waals surface area (Å²) in [6.45, 7) is 11.0. The van der Waals surface area contributed by atoms with Crippen molar-refractivity contribution in [3.05, 3.63) is 58.6 Å². The summed E-state index contributed by atoms with van der Waals surface area (Å²) in [4.78, 5) is 28.7. The summed E-state index contributed by atoms with van der Waals surface area (Å²) in [7, 11) is -1.98. The highest BCUT2D eigenvalue weighted by molar-refractivity contribution is 6.74. The van der Waals surface area contributed by atoms with Gasteiger partial charge in [0.2, 0.25) is 0 Å². The van der Waals surface area contributed by atoms with Crippen molar-refractivity contribution in [2.24, 2.45) is 0 Å². The van der Waals surface area contributed by atoms with Gasteiger partial charge in [0.05, 0.1) is 12.7 Å². The molecule has 2 aromatic rings. The Morgan fingerprint density at radius 3 is 2.58 bits per heavy atom. The Hall–Kier alpha value is -2.33. The van der Waals surface area contributed by atoms with E-state index >= 15 is 0 Å². The van der Waals surface area contributed by atoms with Crippen LogP contribution in [0.2, 0.25) is 18.1 Å². The zero-order chi connectivity index (χ0) is 22.8. The number of hydrogen-bond donors (Lipinski definition) is 2. The molecule has 31 heavy (non-hydrogen) atoms. The van der Waals surface area contributed by atoms with Gasteiger partial charge in [-0.3, -0.25) is 9.36 Å². The molecule has 0 radical (unpaired) electrons. The van der Waals surface area contributed by atoms with Crippen molar-refractivity contribution < 1.29 is 19.1 Å². The first-order valence-electron chi connectivity index (χ1n) is 10.4. The van der Waals surface area contributed by atoms with Gasteiger partial charge >= 0.3 is 5.69 Å². The lowest BCUT2D eigenvalue weighted by molar-refractivity contribution is -0.0432. The van der Waals surface area contributed by atoms with Crippen LogP contribution in [0, 0.1) is 0 Å². The van der Waals surface area contributed by atoms with Crippen LogP contribution in [0.5, 0.6) is 0 Å². The average Bonchev–Trinajstić information content (AvgIpc) is 3.06. The predicted molar refractivity (Wildman–Crippen MR) is 121 cm³/mol. The number of aliphatic hydroxyl groups excluding tert-OH is 1. The molecular weight excluding hydrogens is 414 g/mol. The third-order valence-corrected chi connectivity index (χ3v) is 10.5. The molecule has 1 aromatic heterocycles. The topological polar surface area (TPSA) is 103 Å². The van der Waals surface area contributed by atoms with Crippen LogP contribution in [-0.4, -0.2) is 47.7 Å². The van der Waals surface area contributed by atoms with Gasteiger partial charge < -0.3 is 19.6 Å². The van der Waals surface area contributed by atoms with Crippen molar-refractivity contribution in [3.63, 3.8) is 0 Å². The molecule has 0 unspecified atom stereocenters. The van der Waals surface area contributed by atoms with E-state index in [0.717, 1.165) is 0 Å². The molecule has 0 aliphatic carbocycles. The number of carbonyl (C=O) groups excluding carboxylic acids is 1. The van der Waals surface area contributed by atoms with E-state index in [1.165, 1.54) is 16.8 Å². The van der Waals surface area contributed by atoms with Crippen molar-refractivity contribution in [2.45, 2.75) is 63.8 Å². The highest BCUT2D eigenvalue weighted by Crippen LogP contribution is 2.37. The first-order chi connectivity index (χ1) is 14.5. The van der Waals surface area contributed by atoms with Gasteiger partial charge in [-0.15, -0.1) is 0 Å². The van der Waals surface area contributed by atoms with E-state index in [0.29, 0.717) is 5.56 Å². The summed E-state index contributed by atoms with van der Waals surface area (Å²) >= 11 is 0. The van der Waals surface area contributed by atoms with Crippen LogP contribution in [0.1, 0.15) is 43.8 Å². The van der Waals surface area contributed by atoms with E-state index in [1.54, 1.807) is 24.3 Å². The molecule has 168 valence electrons. The smallest absolute Gasteiger partial charge is 0.351 e. The van der Waals surface area contributed by atoms with Crippen molar-refractivity contribution in [3.8, 4) is 0 Å². The molecule has 9 heteroatoms. The molecule has 0 spiro atoms. The number of nitrogens with one attached hydrogen (secondary N) is 1. The van der Waals surface area contributed by atoms with E-state index in [1.807, 2.05) is 6.07 Å². The number of hydrogen-bond acceptors (Lipinski definition) is 6. The molecule has 2 heterocycles. The molecule has 2 N–H and O–H groups in total. The van der Waals surface area contributed by atoms with E-state index in [-0.39, 0.29) is 29.8 Å². The van der Waals surface area contributed by atoms with Gasteiger partial charge in [-0.1, -0.05) is 39.0 Å². The minimum atomic E-state index is -1.98. The Morgan fingerprint density at radius 1 is 1.29 bits per heavy atom. The van der Waals surface area contributed by atoms with Gasteiger partial charge in [0.25, 0.3) is 5.91 Å². The zero-order valence-electron chi connectivity index (χ0n) is 18.7. The SMILES string of the molecule is CC(C)(C)[Si](C)(C)OC[C@@H]1O[C@H](n2ccc(NC(=O)c3ccccc3)nc2=O)C[C@@H]1O. The number of aromatic nitrogens is 2. The average molecular weight is 446 g/mol. The Bertz CT molecular complexity index is 971. The van der Waals surface area contributed by atoms with Crippen LogP contribution in [0.3, 0.4) is 0 Å². The number of nitrogens with zero attached hydrogens (tertiary/aromatic N) is 2. The van der Waals surface area contributed by atoms with Crippen molar-refractivity contribution in [2.75, 3.05) is 11.9 Å². The van der Waals surface area contributed by atoms with Gasteiger partial charge in [0.15, 0.2) is 8.32 Å². The van der Waals surface area contributed by atoms with Gasteiger partial charge in [0.1, 0.15) is 18.1 Å². The molecule has 1 amide bonds. The lowest BCUT2D eigenvalue weighted by atomic mass is 10.2. The maximum Gasteiger partial charge on any atom is 0.351 e. The quantitative estimate of drug-likeness (QED) is 0.662. The Morgan fingerprint density at radius 2 is 1.97 bits per heavy atom. The van der Waals surface area contributed by atoms with Gasteiger partial charge in [-0.2, -0.15) is 4.98 Å². The first-order valence-corrected chi connectivity index (χ1v) is 13.3. The van der Waals surface area contributed by atoms with Crippen LogP contribution in [-0.2, 0) is 9.16 Å². The number of benzene rings is 1. The second-order valence-electron chi connectivity index (χ2n) is 9.33. The standard InChI is InChI=1S/C22H31N3O5Si/c1-22(2,3)31(4,5)29-14-17-16(26)13-19(30-17)25-12-11-18(24-21(25)28)23-20(27)15-9-7-6-8-10-15/h6-12,16-17,19,26H,13-14H2,1-5H3,(H,23,24,27,28)/t16-,17-,19-/m0/s1. The molecular formula is C22H31N3O5Si. The minimum Gasteiger partial charge on any atom is -0.414 e. The molecule has 1 aliphatic heterocycles. The molecule has 1 aliphatic rings. The van der Waals surface area contributed by atoms with Gasteiger partial charge in [-0.25, -0.2) is 4.79 Å². The molecule has 0 saturated carbocycles. The lowest BCUT2D eigenvalue weighted by Gasteiger charge is -2.37. The number of rotatable bonds is 6. The van der Waals surface area contributed by atoms with E-state index < -0.39 is 32.4 Å². The molecule has 3 rings (SSSR count). The van der Waals surface area contributed by atoms with Crippen molar-refractivity contribution in [1.82, 2.24) is 9.55 Å². The van der Waals surface area contributed by atoms with Crippen LogP contribution in [0.4, 0.5) is 5.82 Å². The first kappa shape index (κ1) is 23.3. The van der Waals surface area contributed by atoms with E-state index in [4.69, 9.17) is 9.16 Å². The summed E-state index contributed by atoms with van der Waals surface area (Å²) in [5.74, 6) is -0.188. The van der Waals surface area contributed by atoms with Gasteiger partial charge in [0, 0.05) is 18.2 Å². The number of carbonyl (C=O) groups is 1. The minimum absolute atomic E-state index is 0.0524. The molecule has 0 bridgehead atoms. The fourth-order valence-electron chi connectivity index (χ4n) is 3.02. The van der Waals surface area contributed by atoms with Crippen LogP contribution in [0.15, 0.2) is 47.4 Å². The number of amides is 1. The number of anilines is 1. The van der Waals surface area contributed by atoms with Crippen LogP contribution < -0.4 is 11.0 Å². The monoisotopic (exact) mass is 445 g/mol.